The van der Waals surface area contributed by atoms with Crippen molar-refractivity contribution in [2.24, 2.45) is 0 Å². The zero-order valence-electron chi connectivity index (χ0n) is 11.2. The van der Waals surface area contributed by atoms with Gasteiger partial charge in [0.15, 0.2) is 0 Å². The molecule has 0 fully saturated rings. The van der Waals surface area contributed by atoms with Crippen LogP contribution < -0.4 is 4.72 Å². The molecule has 0 atom stereocenters. The van der Waals surface area contributed by atoms with Crippen molar-refractivity contribution < 1.29 is 18.3 Å². The molecule has 7 heteroatoms. The monoisotopic (exact) mass is 325 g/mol. The summed E-state index contributed by atoms with van der Waals surface area (Å²) in [6.07, 6.45) is 1.46. The molecule has 21 heavy (non-hydrogen) atoms. The van der Waals surface area contributed by atoms with Crippen molar-refractivity contribution in [3.8, 4) is 0 Å². The second-order valence-electron chi connectivity index (χ2n) is 4.44. The summed E-state index contributed by atoms with van der Waals surface area (Å²) in [5.74, 6) is -1.12. The van der Waals surface area contributed by atoms with Crippen LogP contribution in [0.25, 0.3) is 0 Å². The summed E-state index contributed by atoms with van der Waals surface area (Å²) in [7, 11) is -3.63. The van der Waals surface area contributed by atoms with Gasteiger partial charge in [0.1, 0.15) is 4.88 Å². The minimum Gasteiger partial charge on any atom is -0.477 e. The molecular weight excluding hydrogens is 310 g/mol. The first kappa shape index (κ1) is 15.7. The summed E-state index contributed by atoms with van der Waals surface area (Å²) in [5, 5.41) is 10.1. The molecule has 1 heterocycles. The van der Waals surface area contributed by atoms with E-state index in [1.165, 1.54) is 11.4 Å². The van der Waals surface area contributed by atoms with Gasteiger partial charge in [0.2, 0.25) is 10.0 Å². The zero-order chi connectivity index (χ0) is 15.3. The van der Waals surface area contributed by atoms with Crippen LogP contribution >= 0.6 is 11.3 Å². The third-order valence-electron chi connectivity index (χ3n) is 2.87. The quantitative estimate of drug-likeness (QED) is 0.766. The van der Waals surface area contributed by atoms with Crippen LogP contribution in [0.15, 0.2) is 46.7 Å². The Morgan fingerprint density at radius 1 is 1.24 bits per heavy atom. The van der Waals surface area contributed by atoms with Gasteiger partial charge in [-0.2, -0.15) is 0 Å². The van der Waals surface area contributed by atoms with E-state index in [4.69, 9.17) is 5.11 Å². The second kappa shape index (κ2) is 6.84. The molecule has 0 aliphatic rings. The number of nitrogens with one attached hydrogen (secondary N) is 1. The van der Waals surface area contributed by atoms with Crippen molar-refractivity contribution in [1.82, 2.24) is 4.72 Å². The summed E-state index contributed by atoms with van der Waals surface area (Å²) >= 11 is 0.902. The van der Waals surface area contributed by atoms with Gasteiger partial charge in [0.25, 0.3) is 0 Å². The fraction of sp³-hybridized carbons (Fsp3) is 0.214. The lowest BCUT2D eigenvalue weighted by molar-refractivity contribution is 0.0702. The van der Waals surface area contributed by atoms with Gasteiger partial charge in [-0.05, 0) is 24.5 Å². The van der Waals surface area contributed by atoms with Gasteiger partial charge < -0.3 is 5.11 Å². The van der Waals surface area contributed by atoms with E-state index in [1.54, 1.807) is 0 Å². The Kier molecular flexibility index (Phi) is 5.11. The van der Waals surface area contributed by atoms with E-state index in [2.05, 4.69) is 4.72 Å². The van der Waals surface area contributed by atoms with Crippen molar-refractivity contribution >= 4 is 27.3 Å². The van der Waals surface area contributed by atoms with Gasteiger partial charge in [0, 0.05) is 11.9 Å². The molecule has 0 aliphatic heterocycles. The number of sulfonamides is 1. The highest BCUT2D eigenvalue weighted by atomic mass is 32.2. The Labute approximate surface area is 127 Å². The fourth-order valence-electron chi connectivity index (χ4n) is 1.80. The number of carbonyl (C=O) groups is 1. The second-order valence-corrected chi connectivity index (χ2v) is 7.12. The van der Waals surface area contributed by atoms with E-state index < -0.39 is 16.0 Å². The molecule has 2 N–H and O–H groups in total. The minimum absolute atomic E-state index is 0.00427. The third-order valence-corrected chi connectivity index (χ3v) is 5.38. The number of thiophene rings is 1. The summed E-state index contributed by atoms with van der Waals surface area (Å²) in [6.45, 7) is 0.315. The van der Waals surface area contributed by atoms with Crippen LogP contribution in [0.3, 0.4) is 0 Å². The van der Waals surface area contributed by atoms with E-state index in [0.717, 1.165) is 23.3 Å². The number of aromatic carboxylic acids is 1. The first-order valence-electron chi connectivity index (χ1n) is 6.34. The number of carboxylic acid groups (broad SMARTS) is 1. The Balaban J connectivity index is 1.88. The topological polar surface area (TPSA) is 83.5 Å². The van der Waals surface area contributed by atoms with Crippen molar-refractivity contribution in [2.45, 2.75) is 17.7 Å². The standard InChI is InChI=1S/C14H15NO4S2/c16-14(17)13-9-12(10-20-13)21(18,19)15-8-4-7-11-5-2-1-3-6-11/h1-3,5-6,9-10,15H,4,7-8H2,(H,16,17). The van der Waals surface area contributed by atoms with Gasteiger partial charge in [-0.1, -0.05) is 30.3 Å². The van der Waals surface area contributed by atoms with Crippen LogP contribution in [0.2, 0.25) is 0 Å². The molecule has 0 aliphatic carbocycles. The Morgan fingerprint density at radius 2 is 1.95 bits per heavy atom. The van der Waals surface area contributed by atoms with Gasteiger partial charge in [-0.15, -0.1) is 11.3 Å². The predicted octanol–water partition coefficient (Wildman–Crippen LogP) is 2.36. The highest BCUT2D eigenvalue weighted by Gasteiger charge is 2.17. The number of hydrogen-bond acceptors (Lipinski definition) is 4. The number of rotatable bonds is 7. The maximum Gasteiger partial charge on any atom is 0.345 e. The molecule has 0 bridgehead atoms. The van der Waals surface area contributed by atoms with E-state index >= 15 is 0 Å². The average molecular weight is 325 g/mol. The van der Waals surface area contributed by atoms with Crippen LogP contribution in [-0.2, 0) is 16.4 Å². The maximum atomic E-state index is 12.0. The Morgan fingerprint density at radius 3 is 2.57 bits per heavy atom. The van der Waals surface area contributed by atoms with Crippen LogP contribution in [0, 0.1) is 0 Å². The van der Waals surface area contributed by atoms with Crippen molar-refractivity contribution in [3.05, 3.63) is 52.2 Å². The number of hydrogen-bond donors (Lipinski definition) is 2. The molecule has 0 spiro atoms. The number of aryl methyl sites for hydroxylation is 1. The average Bonchev–Trinajstić information content (AvgIpc) is 2.96. The van der Waals surface area contributed by atoms with Crippen molar-refractivity contribution in [3.63, 3.8) is 0 Å². The third kappa shape index (κ3) is 4.38. The Hall–Kier alpha value is -1.70. The maximum absolute atomic E-state index is 12.0. The minimum atomic E-state index is -3.63. The van der Waals surface area contributed by atoms with Gasteiger partial charge in [0.05, 0.1) is 4.90 Å². The summed E-state index contributed by atoms with van der Waals surface area (Å²) in [5.41, 5.74) is 1.15. The lowest BCUT2D eigenvalue weighted by Gasteiger charge is -2.05. The van der Waals surface area contributed by atoms with E-state index in [0.29, 0.717) is 13.0 Å². The molecular formula is C14H15NO4S2. The summed E-state index contributed by atoms with van der Waals surface area (Å²) in [6, 6.07) is 11.0. The number of benzene rings is 1. The normalized spacial score (nSPS) is 11.4. The molecule has 0 amide bonds. The van der Waals surface area contributed by atoms with E-state index in [1.807, 2.05) is 30.3 Å². The highest BCUT2D eigenvalue weighted by Crippen LogP contribution is 2.19. The molecule has 1 aromatic heterocycles. The first-order chi connectivity index (χ1) is 9.99. The first-order valence-corrected chi connectivity index (χ1v) is 8.71. The predicted molar refractivity (Wildman–Crippen MR) is 81.2 cm³/mol. The van der Waals surface area contributed by atoms with Crippen LogP contribution in [0.4, 0.5) is 0 Å². The fourth-order valence-corrected chi connectivity index (χ4v) is 3.98. The van der Waals surface area contributed by atoms with Gasteiger partial charge in [-0.25, -0.2) is 17.9 Å². The smallest absolute Gasteiger partial charge is 0.345 e. The molecule has 112 valence electrons. The highest BCUT2D eigenvalue weighted by molar-refractivity contribution is 7.89. The largest absolute Gasteiger partial charge is 0.477 e. The van der Waals surface area contributed by atoms with E-state index in [-0.39, 0.29) is 9.77 Å². The number of carboxylic acids is 1. The summed E-state index contributed by atoms with van der Waals surface area (Å²) < 4.78 is 26.4. The molecule has 5 nitrogen and oxygen atoms in total. The zero-order valence-corrected chi connectivity index (χ0v) is 12.8. The van der Waals surface area contributed by atoms with Gasteiger partial charge >= 0.3 is 5.97 Å². The summed E-state index contributed by atoms with van der Waals surface area (Å²) in [4.78, 5) is 10.8. The van der Waals surface area contributed by atoms with Crippen LogP contribution in [0.5, 0.6) is 0 Å². The van der Waals surface area contributed by atoms with Crippen molar-refractivity contribution in [2.75, 3.05) is 6.54 Å². The lowest BCUT2D eigenvalue weighted by atomic mass is 10.1. The molecule has 2 rings (SSSR count). The molecule has 1 aromatic carbocycles. The molecule has 0 saturated carbocycles. The van der Waals surface area contributed by atoms with Gasteiger partial charge in [-0.3, -0.25) is 0 Å². The van der Waals surface area contributed by atoms with Crippen LogP contribution in [0.1, 0.15) is 21.7 Å². The molecule has 0 saturated heterocycles. The van der Waals surface area contributed by atoms with Crippen LogP contribution in [-0.4, -0.2) is 26.0 Å². The lowest BCUT2D eigenvalue weighted by Crippen LogP contribution is -2.24. The molecule has 0 unspecified atom stereocenters. The molecule has 2 aromatic rings. The SMILES string of the molecule is O=C(O)c1cc(S(=O)(=O)NCCCc2ccccc2)cs1. The van der Waals surface area contributed by atoms with E-state index in [9.17, 15) is 13.2 Å². The molecule has 0 radical (unpaired) electrons. The van der Waals surface area contributed by atoms with Crippen molar-refractivity contribution in [1.29, 1.82) is 0 Å². The Bertz CT molecular complexity index is 708.